The highest BCUT2D eigenvalue weighted by Crippen LogP contribution is 2.14. The van der Waals surface area contributed by atoms with E-state index in [0.717, 1.165) is 0 Å². The molecule has 5 N–H and O–H groups in total. The highest BCUT2D eigenvalue weighted by Gasteiger charge is 2.06. The average Bonchev–Trinajstić information content (AvgIpc) is 2.36. The Hall–Kier alpha value is -2.90. The molecule has 1 heterocycles. The van der Waals surface area contributed by atoms with Crippen LogP contribution >= 0.6 is 0 Å². The Morgan fingerprint density at radius 1 is 1.53 bits per heavy atom. The van der Waals surface area contributed by atoms with Gasteiger partial charge in [-0.3, -0.25) is 5.41 Å². The number of carboxylic acids is 1. The largest absolute Gasteiger partial charge is 0.478 e. The minimum Gasteiger partial charge on any atom is -0.478 e. The molecule has 0 spiro atoms. The van der Waals surface area contributed by atoms with Gasteiger partial charge in [0.15, 0.2) is 11.3 Å². The predicted molar refractivity (Wildman–Crippen MR) is 68.0 cm³/mol. The molecule has 19 heavy (non-hydrogen) atoms. The Morgan fingerprint density at radius 2 is 2.26 bits per heavy atom. The Bertz CT molecular complexity index is 668. The van der Waals surface area contributed by atoms with E-state index in [0.29, 0.717) is 5.69 Å². The van der Waals surface area contributed by atoms with Gasteiger partial charge in [-0.1, -0.05) is 6.07 Å². The molecule has 98 valence electrons. The summed E-state index contributed by atoms with van der Waals surface area (Å²) in [6.45, 7) is 0. The zero-order valence-electron chi connectivity index (χ0n) is 10.1. The fraction of sp³-hybridized carbons (Fsp3) is 0.0909. The van der Waals surface area contributed by atoms with Gasteiger partial charge in [0.2, 0.25) is 5.95 Å². The van der Waals surface area contributed by atoms with Crippen molar-refractivity contribution in [2.75, 3.05) is 11.1 Å². The summed E-state index contributed by atoms with van der Waals surface area (Å²) in [6.07, 6.45) is 0. The maximum Gasteiger partial charge on any atom is 0.335 e. The summed E-state index contributed by atoms with van der Waals surface area (Å²) in [5.41, 5.74) is 6.24. The van der Waals surface area contributed by atoms with Crippen LogP contribution in [0.25, 0.3) is 0 Å². The van der Waals surface area contributed by atoms with Crippen molar-refractivity contribution in [1.82, 2.24) is 14.8 Å². The number of aryl methyl sites for hydroxylation is 1. The first-order valence-electron chi connectivity index (χ1n) is 5.33. The summed E-state index contributed by atoms with van der Waals surface area (Å²) in [5, 5.41) is 23.2. The number of benzene rings is 1. The number of anilines is 3. The van der Waals surface area contributed by atoms with Crippen LogP contribution in [0, 0.1) is 5.41 Å². The number of carboxylic acid groups (broad SMARTS) is 1. The molecule has 0 aliphatic heterocycles. The second-order valence-corrected chi connectivity index (χ2v) is 3.80. The van der Waals surface area contributed by atoms with Gasteiger partial charge >= 0.3 is 5.97 Å². The normalized spacial score (nSPS) is 10.2. The number of carbonyl (C=O) groups is 1. The molecule has 2 aromatic rings. The molecule has 0 aliphatic carbocycles. The van der Waals surface area contributed by atoms with Gasteiger partial charge in [0.25, 0.3) is 0 Å². The Balaban J connectivity index is 2.33. The van der Waals surface area contributed by atoms with Crippen LogP contribution in [0.2, 0.25) is 0 Å². The lowest BCUT2D eigenvalue weighted by atomic mass is 10.2. The monoisotopic (exact) mass is 260 g/mol. The van der Waals surface area contributed by atoms with Gasteiger partial charge in [0.1, 0.15) is 0 Å². The SMILES string of the molecule is Cn1nc(Nc2cccc(C(=O)O)c2)nc(N)c1=N. The lowest BCUT2D eigenvalue weighted by Crippen LogP contribution is -2.25. The van der Waals surface area contributed by atoms with Gasteiger partial charge in [0.05, 0.1) is 5.56 Å². The summed E-state index contributed by atoms with van der Waals surface area (Å²) < 4.78 is 1.27. The van der Waals surface area contributed by atoms with Crippen LogP contribution < -0.4 is 16.5 Å². The minimum absolute atomic E-state index is 0.00448. The maximum atomic E-state index is 10.9. The van der Waals surface area contributed by atoms with Crippen molar-refractivity contribution in [3.8, 4) is 0 Å². The zero-order chi connectivity index (χ0) is 14.0. The van der Waals surface area contributed by atoms with Crippen LogP contribution in [0.1, 0.15) is 10.4 Å². The van der Waals surface area contributed by atoms with Crippen molar-refractivity contribution in [1.29, 1.82) is 5.41 Å². The van der Waals surface area contributed by atoms with Gasteiger partial charge < -0.3 is 16.2 Å². The lowest BCUT2D eigenvalue weighted by Gasteiger charge is -2.08. The summed E-state index contributed by atoms with van der Waals surface area (Å²) in [4.78, 5) is 14.8. The first-order chi connectivity index (χ1) is 8.97. The van der Waals surface area contributed by atoms with Crippen molar-refractivity contribution in [2.45, 2.75) is 0 Å². The van der Waals surface area contributed by atoms with E-state index in [2.05, 4.69) is 15.4 Å². The van der Waals surface area contributed by atoms with Crippen LogP contribution in [-0.2, 0) is 7.05 Å². The van der Waals surface area contributed by atoms with Crippen LogP contribution in [0.3, 0.4) is 0 Å². The summed E-state index contributed by atoms with van der Waals surface area (Å²) in [5.74, 6) is -0.788. The number of aromatic nitrogens is 3. The highest BCUT2D eigenvalue weighted by molar-refractivity contribution is 5.88. The molecule has 0 unspecified atom stereocenters. The molecular formula is C11H12N6O2. The van der Waals surface area contributed by atoms with E-state index in [1.807, 2.05) is 0 Å². The molecule has 0 saturated carbocycles. The third-order valence-corrected chi connectivity index (χ3v) is 2.40. The number of nitrogen functional groups attached to an aromatic ring is 1. The van der Waals surface area contributed by atoms with Gasteiger partial charge in [-0.05, 0) is 18.2 Å². The lowest BCUT2D eigenvalue weighted by molar-refractivity contribution is 0.0697. The van der Waals surface area contributed by atoms with Gasteiger partial charge in [-0.2, -0.15) is 4.98 Å². The zero-order valence-corrected chi connectivity index (χ0v) is 10.1. The first kappa shape index (κ1) is 12.6. The molecule has 0 amide bonds. The molecule has 0 bridgehead atoms. The van der Waals surface area contributed by atoms with Crippen molar-refractivity contribution in [3.63, 3.8) is 0 Å². The second-order valence-electron chi connectivity index (χ2n) is 3.80. The van der Waals surface area contributed by atoms with E-state index in [1.54, 1.807) is 19.2 Å². The van der Waals surface area contributed by atoms with E-state index < -0.39 is 5.97 Å². The Labute approximate surface area is 108 Å². The molecule has 0 radical (unpaired) electrons. The summed E-state index contributed by atoms with van der Waals surface area (Å²) >= 11 is 0. The van der Waals surface area contributed by atoms with Crippen molar-refractivity contribution in [2.24, 2.45) is 7.05 Å². The molecule has 8 nitrogen and oxygen atoms in total. The van der Waals surface area contributed by atoms with E-state index in [1.165, 1.54) is 16.8 Å². The Kier molecular flexibility index (Phi) is 3.15. The first-order valence-corrected chi connectivity index (χ1v) is 5.33. The third-order valence-electron chi connectivity index (χ3n) is 2.40. The maximum absolute atomic E-state index is 10.9. The molecule has 2 rings (SSSR count). The number of nitrogens with zero attached hydrogens (tertiary/aromatic N) is 3. The molecular weight excluding hydrogens is 248 g/mol. The molecule has 1 aromatic heterocycles. The van der Waals surface area contributed by atoms with Crippen molar-refractivity contribution in [3.05, 3.63) is 35.3 Å². The van der Waals surface area contributed by atoms with E-state index >= 15 is 0 Å². The van der Waals surface area contributed by atoms with Crippen LogP contribution in [0.4, 0.5) is 17.5 Å². The Morgan fingerprint density at radius 3 is 2.89 bits per heavy atom. The fourth-order valence-corrected chi connectivity index (χ4v) is 1.46. The smallest absolute Gasteiger partial charge is 0.335 e. The fourth-order valence-electron chi connectivity index (χ4n) is 1.46. The number of nitrogens with one attached hydrogen (secondary N) is 2. The standard InChI is InChI=1S/C11H12N6O2/c1-17-9(13)8(12)15-11(16-17)14-7-4-2-3-6(5-7)10(18)19/h2-5,13H,1H3,(H,18,19)(H3,12,14,15,16). The molecule has 0 fully saturated rings. The number of hydrogen-bond acceptors (Lipinski definition) is 6. The summed E-state index contributed by atoms with van der Waals surface area (Å²) in [6, 6.07) is 6.22. The second kappa shape index (κ2) is 4.77. The van der Waals surface area contributed by atoms with E-state index in [-0.39, 0.29) is 22.8 Å². The van der Waals surface area contributed by atoms with Gasteiger partial charge in [-0.15, -0.1) is 5.10 Å². The van der Waals surface area contributed by atoms with Gasteiger partial charge in [0, 0.05) is 12.7 Å². The van der Waals surface area contributed by atoms with Crippen LogP contribution in [0.15, 0.2) is 24.3 Å². The van der Waals surface area contributed by atoms with E-state index in [9.17, 15) is 4.79 Å². The van der Waals surface area contributed by atoms with E-state index in [4.69, 9.17) is 16.2 Å². The summed E-state index contributed by atoms with van der Waals surface area (Å²) in [7, 11) is 1.57. The quantitative estimate of drug-likeness (QED) is 0.628. The van der Waals surface area contributed by atoms with Crippen LogP contribution in [0.5, 0.6) is 0 Å². The molecule has 8 heteroatoms. The predicted octanol–water partition coefficient (Wildman–Crippen LogP) is 0.319. The van der Waals surface area contributed by atoms with Crippen molar-refractivity contribution < 1.29 is 9.90 Å². The molecule has 0 atom stereocenters. The minimum atomic E-state index is -1.02. The topological polar surface area (TPSA) is 130 Å². The number of rotatable bonds is 3. The number of aromatic carboxylic acids is 1. The number of hydrogen-bond donors (Lipinski definition) is 4. The van der Waals surface area contributed by atoms with Crippen LogP contribution in [-0.4, -0.2) is 25.8 Å². The molecule has 0 saturated heterocycles. The number of nitrogens with two attached hydrogens (primary N) is 1. The highest BCUT2D eigenvalue weighted by atomic mass is 16.4. The third kappa shape index (κ3) is 2.68. The molecule has 1 aromatic carbocycles. The van der Waals surface area contributed by atoms with Gasteiger partial charge in [-0.25, -0.2) is 9.48 Å². The molecule has 0 aliphatic rings. The average molecular weight is 260 g/mol. The van der Waals surface area contributed by atoms with Crippen molar-refractivity contribution >= 4 is 23.4 Å².